The minimum absolute atomic E-state index is 0.511. The zero-order chi connectivity index (χ0) is 22.8. The van der Waals surface area contributed by atoms with Crippen LogP contribution in [0.4, 0.5) is 0 Å². The first kappa shape index (κ1) is 23.7. The Morgan fingerprint density at radius 1 is 0.906 bits per heavy atom. The lowest BCUT2D eigenvalue weighted by Gasteiger charge is -2.17. The van der Waals surface area contributed by atoms with E-state index in [9.17, 15) is 0 Å². The summed E-state index contributed by atoms with van der Waals surface area (Å²) in [4.78, 5) is 7.27. The molecule has 1 saturated heterocycles. The zero-order valence-corrected chi connectivity index (χ0v) is 19.7. The molecule has 0 unspecified atom stereocenters. The second kappa shape index (κ2) is 12.2. The second-order valence-corrected chi connectivity index (χ2v) is 7.86. The van der Waals surface area contributed by atoms with E-state index in [1.807, 2.05) is 12.1 Å². The first-order valence-corrected chi connectivity index (χ1v) is 11.3. The van der Waals surface area contributed by atoms with Gasteiger partial charge in [-0.2, -0.15) is 0 Å². The van der Waals surface area contributed by atoms with Gasteiger partial charge in [-0.3, -0.25) is 4.90 Å². The van der Waals surface area contributed by atoms with Crippen molar-refractivity contribution >= 4 is 5.96 Å². The molecule has 32 heavy (non-hydrogen) atoms. The third-order valence-electron chi connectivity index (χ3n) is 5.64. The molecule has 1 fully saturated rings. The van der Waals surface area contributed by atoms with Crippen LogP contribution >= 0.6 is 0 Å². The Morgan fingerprint density at radius 3 is 2.09 bits per heavy atom. The van der Waals surface area contributed by atoms with Gasteiger partial charge >= 0.3 is 0 Å². The number of guanidine groups is 1. The molecule has 1 aliphatic heterocycles. The minimum Gasteiger partial charge on any atom is -0.496 e. The van der Waals surface area contributed by atoms with Gasteiger partial charge in [-0.25, -0.2) is 4.99 Å². The smallest absolute Gasteiger partial charge is 0.191 e. The van der Waals surface area contributed by atoms with Crippen LogP contribution in [0.5, 0.6) is 17.2 Å². The van der Waals surface area contributed by atoms with Crippen LogP contribution in [0.2, 0.25) is 0 Å². The SMILES string of the molecule is CCNC(=NCc1ccc(CN2CCCC2)cc1)NCc1c(OC)cc(OC)cc1OC. The summed E-state index contributed by atoms with van der Waals surface area (Å²) in [5.74, 6) is 2.85. The molecule has 0 radical (unpaired) electrons. The molecule has 2 N–H and O–H groups in total. The average molecular weight is 441 g/mol. The highest BCUT2D eigenvalue weighted by molar-refractivity contribution is 5.80. The summed E-state index contributed by atoms with van der Waals surface area (Å²) >= 11 is 0. The van der Waals surface area contributed by atoms with Crippen molar-refractivity contribution in [2.45, 2.75) is 39.4 Å². The molecule has 0 amide bonds. The van der Waals surface area contributed by atoms with Crippen molar-refractivity contribution in [3.63, 3.8) is 0 Å². The fourth-order valence-electron chi connectivity index (χ4n) is 3.89. The number of ether oxygens (including phenoxy) is 3. The van der Waals surface area contributed by atoms with Crippen LogP contribution in [0.25, 0.3) is 0 Å². The Morgan fingerprint density at radius 2 is 1.53 bits per heavy atom. The summed E-state index contributed by atoms with van der Waals surface area (Å²) in [6.45, 7) is 7.42. The number of rotatable bonds is 10. The highest BCUT2D eigenvalue weighted by Gasteiger charge is 2.14. The molecular formula is C25H36N4O3. The van der Waals surface area contributed by atoms with Gasteiger partial charge in [0.2, 0.25) is 0 Å². The topological polar surface area (TPSA) is 67.4 Å². The van der Waals surface area contributed by atoms with E-state index in [0.29, 0.717) is 30.3 Å². The highest BCUT2D eigenvalue weighted by atomic mass is 16.5. The van der Waals surface area contributed by atoms with Crippen LogP contribution in [0.15, 0.2) is 41.4 Å². The normalized spacial score (nSPS) is 14.3. The van der Waals surface area contributed by atoms with Gasteiger partial charge in [0, 0.05) is 25.2 Å². The van der Waals surface area contributed by atoms with Gasteiger partial charge in [-0.15, -0.1) is 0 Å². The quantitative estimate of drug-likeness (QED) is 0.435. The highest BCUT2D eigenvalue weighted by Crippen LogP contribution is 2.33. The first-order valence-electron chi connectivity index (χ1n) is 11.3. The molecule has 0 bridgehead atoms. The largest absolute Gasteiger partial charge is 0.496 e. The van der Waals surface area contributed by atoms with Gasteiger partial charge in [0.1, 0.15) is 17.2 Å². The summed E-state index contributed by atoms with van der Waals surface area (Å²) in [7, 11) is 4.91. The number of benzene rings is 2. The maximum atomic E-state index is 5.55. The molecule has 2 aromatic rings. The number of nitrogens with one attached hydrogen (secondary N) is 2. The van der Waals surface area contributed by atoms with E-state index in [-0.39, 0.29) is 0 Å². The zero-order valence-electron chi connectivity index (χ0n) is 19.7. The van der Waals surface area contributed by atoms with Gasteiger partial charge in [-0.05, 0) is 44.0 Å². The van der Waals surface area contributed by atoms with Crippen molar-refractivity contribution in [1.82, 2.24) is 15.5 Å². The van der Waals surface area contributed by atoms with Crippen molar-refractivity contribution in [1.29, 1.82) is 0 Å². The lowest BCUT2D eigenvalue weighted by molar-refractivity contribution is 0.331. The molecule has 0 spiro atoms. The van der Waals surface area contributed by atoms with E-state index in [1.54, 1.807) is 21.3 Å². The number of likely N-dealkylation sites (tertiary alicyclic amines) is 1. The molecular weight excluding hydrogens is 404 g/mol. The van der Waals surface area contributed by atoms with Gasteiger partial charge < -0.3 is 24.8 Å². The monoisotopic (exact) mass is 440 g/mol. The molecule has 0 saturated carbocycles. The van der Waals surface area contributed by atoms with E-state index in [0.717, 1.165) is 24.6 Å². The lowest BCUT2D eigenvalue weighted by atomic mass is 10.1. The third-order valence-corrected chi connectivity index (χ3v) is 5.64. The van der Waals surface area contributed by atoms with Crippen LogP contribution in [-0.2, 0) is 19.6 Å². The predicted octanol–water partition coefficient (Wildman–Crippen LogP) is 3.56. The standard InChI is InChI=1S/C25H36N4O3/c1-5-26-25(28-17-22-23(31-3)14-21(30-2)15-24(22)32-4)27-16-19-8-10-20(11-9-19)18-29-12-6-7-13-29/h8-11,14-15H,5-7,12-13,16-18H2,1-4H3,(H2,26,27,28). The number of aliphatic imine (C=N–C) groups is 1. The second-order valence-electron chi connectivity index (χ2n) is 7.86. The number of nitrogens with zero attached hydrogens (tertiary/aromatic N) is 2. The Labute approximate surface area is 191 Å². The van der Waals surface area contributed by atoms with Crippen LogP contribution < -0.4 is 24.8 Å². The molecule has 7 nitrogen and oxygen atoms in total. The number of hydrogen-bond acceptors (Lipinski definition) is 5. The molecule has 0 aromatic heterocycles. The van der Waals surface area contributed by atoms with Crippen LogP contribution in [-0.4, -0.2) is 51.8 Å². The Kier molecular flexibility index (Phi) is 9.04. The minimum atomic E-state index is 0.511. The Hall–Kier alpha value is -2.93. The van der Waals surface area contributed by atoms with E-state index < -0.39 is 0 Å². The summed E-state index contributed by atoms with van der Waals surface area (Å²) in [6.07, 6.45) is 2.64. The average Bonchev–Trinajstić information content (AvgIpc) is 3.34. The van der Waals surface area contributed by atoms with Crippen LogP contribution in [0.3, 0.4) is 0 Å². The molecule has 1 heterocycles. The maximum absolute atomic E-state index is 5.55. The van der Waals surface area contributed by atoms with Gasteiger partial charge in [0.05, 0.1) is 40.0 Å². The van der Waals surface area contributed by atoms with Crippen molar-refractivity contribution in [3.05, 3.63) is 53.1 Å². The van der Waals surface area contributed by atoms with Crippen molar-refractivity contribution in [2.24, 2.45) is 4.99 Å². The molecule has 2 aromatic carbocycles. The van der Waals surface area contributed by atoms with Crippen LogP contribution in [0, 0.1) is 0 Å². The molecule has 0 aliphatic carbocycles. The maximum Gasteiger partial charge on any atom is 0.191 e. The van der Waals surface area contributed by atoms with Gasteiger partial charge in [0.15, 0.2) is 5.96 Å². The fraction of sp³-hybridized carbons (Fsp3) is 0.480. The molecule has 0 atom stereocenters. The summed E-state index contributed by atoms with van der Waals surface area (Å²) in [5.41, 5.74) is 3.46. The van der Waals surface area contributed by atoms with Crippen LogP contribution in [0.1, 0.15) is 36.5 Å². The van der Waals surface area contributed by atoms with Gasteiger partial charge in [0.25, 0.3) is 0 Å². The Balaban J connectivity index is 1.64. The Bertz CT molecular complexity index is 852. The van der Waals surface area contributed by atoms with E-state index in [1.165, 1.54) is 37.1 Å². The van der Waals surface area contributed by atoms with E-state index >= 15 is 0 Å². The lowest BCUT2D eigenvalue weighted by Crippen LogP contribution is -2.37. The summed E-state index contributed by atoms with van der Waals surface area (Å²) < 4.78 is 16.4. The number of hydrogen-bond donors (Lipinski definition) is 2. The summed E-state index contributed by atoms with van der Waals surface area (Å²) in [5, 5.41) is 6.69. The molecule has 174 valence electrons. The van der Waals surface area contributed by atoms with Crippen molar-refractivity contribution in [2.75, 3.05) is 41.0 Å². The van der Waals surface area contributed by atoms with Gasteiger partial charge in [-0.1, -0.05) is 24.3 Å². The first-order chi connectivity index (χ1) is 15.7. The van der Waals surface area contributed by atoms with E-state index in [2.05, 4.69) is 46.7 Å². The van der Waals surface area contributed by atoms with Crippen molar-refractivity contribution < 1.29 is 14.2 Å². The van der Waals surface area contributed by atoms with E-state index in [4.69, 9.17) is 19.2 Å². The third kappa shape index (κ3) is 6.53. The number of methoxy groups -OCH3 is 3. The summed E-state index contributed by atoms with van der Waals surface area (Å²) in [6, 6.07) is 12.5. The van der Waals surface area contributed by atoms with Crippen molar-refractivity contribution in [3.8, 4) is 17.2 Å². The molecule has 7 heteroatoms. The predicted molar refractivity (Wildman–Crippen MR) is 129 cm³/mol. The molecule has 1 aliphatic rings. The fourth-order valence-corrected chi connectivity index (χ4v) is 3.89. The molecule has 3 rings (SSSR count).